The van der Waals surface area contributed by atoms with Crippen molar-refractivity contribution in [3.05, 3.63) is 62.1 Å². The van der Waals surface area contributed by atoms with E-state index in [2.05, 4.69) is 0 Å². The molecule has 0 unspecified atom stereocenters. The van der Waals surface area contributed by atoms with Crippen LogP contribution in [0.5, 0.6) is 0 Å². The van der Waals surface area contributed by atoms with E-state index in [0.29, 0.717) is 15.5 Å². The number of imide groups is 1. The Kier molecular flexibility index (Phi) is 5.13. The lowest BCUT2D eigenvalue weighted by Gasteiger charge is -2.15. The number of rotatable bonds is 5. The third-order valence-corrected chi connectivity index (χ3v) is 5.73. The van der Waals surface area contributed by atoms with Crippen molar-refractivity contribution in [2.45, 2.75) is 25.6 Å². The second-order valence-corrected chi connectivity index (χ2v) is 8.64. The highest BCUT2D eigenvalue weighted by Crippen LogP contribution is 2.39. The van der Waals surface area contributed by atoms with E-state index in [1.165, 1.54) is 28.0 Å². The minimum absolute atomic E-state index is 0.211. The predicted molar refractivity (Wildman–Crippen MR) is 101 cm³/mol. The van der Waals surface area contributed by atoms with Gasteiger partial charge in [0, 0.05) is 15.1 Å². The monoisotopic (exact) mass is 377 g/mol. The van der Waals surface area contributed by atoms with Gasteiger partial charge in [-0.3, -0.25) is 14.5 Å². The maximum Gasteiger partial charge on any atom is 0.268 e. The van der Waals surface area contributed by atoms with Crippen LogP contribution in [0.1, 0.15) is 24.3 Å². The number of carbonyl (C=O) groups excluding carboxylic acids is 2. The van der Waals surface area contributed by atoms with Crippen molar-refractivity contribution in [1.82, 2.24) is 4.90 Å². The van der Waals surface area contributed by atoms with Gasteiger partial charge >= 0.3 is 0 Å². The maximum atomic E-state index is 12.9. The lowest BCUT2D eigenvalue weighted by Crippen LogP contribution is -2.30. The van der Waals surface area contributed by atoms with E-state index in [1.54, 1.807) is 12.1 Å². The van der Waals surface area contributed by atoms with E-state index in [-0.39, 0.29) is 23.6 Å². The Morgan fingerprint density at radius 2 is 1.83 bits per heavy atom. The topological polar surface area (TPSA) is 37.4 Å². The van der Waals surface area contributed by atoms with Gasteiger partial charge in [0.25, 0.3) is 11.8 Å². The third-order valence-electron chi connectivity index (χ3n) is 3.50. The molecule has 124 valence electrons. The summed E-state index contributed by atoms with van der Waals surface area (Å²) >= 11 is 8.83. The van der Waals surface area contributed by atoms with Gasteiger partial charge in [-0.2, -0.15) is 0 Å². The average Bonchev–Trinajstić information content (AvgIpc) is 3.12. The van der Waals surface area contributed by atoms with Gasteiger partial charge in [0.15, 0.2) is 0 Å². The lowest BCUT2D eigenvalue weighted by molar-refractivity contribution is -0.137. The molecule has 0 saturated heterocycles. The molecule has 0 spiro atoms. The van der Waals surface area contributed by atoms with E-state index < -0.39 is 0 Å². The van der Waals surface area contributed by atoms with E-state index in [9.17, 15) is 9.59 Å². The zero-order valence-corrected chi connectivity index (χ0v) is 15.7. The number of hydrogen-bond acceptors (Lipinski definition) is 4. The molecule has 0 atom stereocenters. The second kappa shape index (κ2) is 7.13. The zero-order valence-electron chi connectivity index (χ0n) is 13.3. The molecule has 1 aliphatic heterocycles. The minimum Gasteiger partial charge on any atom is -0.269 e. The fourth-order valence-electron chi connectivity index (χ4n) is 2.45. The molecule has 0 fully saturated rings. The summed E-state index contributed by atoms with van der Waals surface area (Å²) in [5, 5.41) is 2.77. The van der Waals surface area contributed by atoms with Crippen molar-refractivity contribution in [2.75, 3.05) is 0 Å². The Morgan fingerprint density at radius 3 is 2.42 bits per heavy atom. The quantitative estimate of drug-likeness (QED) is 0.701. The van der Waals surface area contributed by atoms with E-state index >= 15 is 0 Å². The van der Waals surface area contributed by atoms with Crippen molar-refractivity contribution in [3.8, 4) is 0 Å². The molecular weight excluding hydrogens is 362 g/mol. The molecule has 0 N–H and O–H groups in total. The highest BCUT2D eigenvalue weighted by Gasteiger charge is 2.39. The van der Waals surface area contributed by atoms with Crippen molar-refractivity contribution in [1.29, 1.82) is 0 Å². The molecule has 1 aromatic heterocycles. The smallest absolute Gasteiger partial charge is 0.268 e. The van der Waals surface area contributed by atoms with Crippen LogP contribution in [0.2, 0.25) is 5.02 Å². The molecule has 6 heteroatoms. The first-order valence-electron chi connectivity index (χ1n) is 7.53. The largest absolute Gasteiger partial charge is 0.269 e. The number of thioether (sulfide) groups is 1. The summed E-state index contributed by atoms with van der Waals surface area (Å²) in [6, 6.07) is 11.0. The Bertz CT molecular complexity index is 795. The average molecular weight is 378 g/mol. The molecule has 1 aromatic carbocycles. The van der Waals surface area contributed by atoms with E-state index in [1.807, 2.05) is 43.5 Å². The van der Waals surface area contributed by atoms with Crippen molar-refractivity contribution in [2.24, 2.45) is 0 Å². The molecule has 1 aliphatic rings. The zero-order chi connectivity index (χ0) is 17.3. The number of carbonyl (C=O) groups is 2. The van der Waals surface area contributed by atoms with Gasteiger partial charge in [0.1, 0.15) is 0 Å². The number of hydrogen-bond donors (Lipinski definition) is 0. The first-order valence-corrected chi connectivity index (χ1v) is 9.66. The predicted octanol–water partition coefficient (Wildman–Crippen LogP) is 4.82. The summed E-state index contributed by atoms with van der Waals surface area (Å²) in [6.45, 7) is 4.29. The molecule has 2 amide bonds. The normalized spacial score (nSPS) is 15.1. The van der Waals surface area contributed by atoms with Crippen molar-refractivity contribution >= 4 is 52.1 Å². The summed E-state index contributed by atoms with van der Waals surface area (Å²) in [7, 11) is 0. The van der Waals surface area contributed by atoms with Crippen LogP contribution < -0.4 is 0 Å². The summed E-state index contributed by atoms with van der Waals surface area (Å²) in [5.74, 6) is -0.433. The van der Waals surface area contributed by atoms with E-state index in [4.69, 9.17) is 11.6 Å². The molecule has 0 bridgehead atoms. The number of thiophene rings is 1. The van der Waals surface area contributed by atoms with Crippen LogP contribution in [0.25, 0.3) is 5.57 Å². The Hall–Kier alpha value is -1.56. The molecule has 0 radical (unpaired) electrons. The van der Waals surface area contributed by atoms with Gasteiger partial charge in [0.05, 0.1) is 17.0 Å². The lowest BCUT2D eigenvalue weighted by atomic mass is 10.2. The minimum atomic E-state index is -0.222. The summed E-state index contributed by atoms with van der Waals surface area (Å²) in [4.78, 5) is 28.4. The van der Waals surface area contributed by atoms with Crippen molar-refractivity contribution < 1.29 is 9.59 Å². The highest BCUT2D eigenvalue weighted by atomic mass is 35.5. The number of benzene rings is 1. The molecule has 24 heavy (non-hydrogen) atoms. The molecule has 3 nitrogen and oxygen atoms in total. The molecule has 0 saturated carbocycles. The SMILES string of the molecule is CC(C)SC1=C(c2cccs2)C(=O)N(Cc2ccc(Cl)cc2)C1=O. The molecular formula is C18H16ClNO2S2. The Balaban J connectivity index is 1.93. The Morgan fingerprint density at radius 1 is 1.12 bits per heavy atom. The van der Waals surface area contributed by atoms with Crippen molar-refractivity contribution in [3.63, 3.8) is 0 Å². The van der Waals surface area contributed by atoms with Gasteiger partial charge in [-0.25, -0.2) is 0 Å². The molecule has 0 aliphatic carbocycles. The number of nitrogens with zero attached hydrogens (tertiary/aromatic N) is 1. The van der Waals surface area contributed by atoms with Crippen LogP contribution in [0.4, 0.5) is 0 Å². The third kappa shape index (κ3) is 3.43. The standard InChI is InChI=1S/C18H16ClNO2S2/c1-11(2)24-16-15(14-4-3-9-23-14)17(21)20(18(16)22)10-12-5-7-13(19)8-6-12/h3-9,11H,10H2,1-2H3. The molecule has 3 rings (SSSR count). The van der Waals surface area contributed by atoms with E-state index in [0.717, 1.165) is 10.4 Å². The van der Waals surface area contributed by atoms with Gasteiger partial charge in [-0.05, 0) is 29.1 Å². The Labute approximate surface area is 154 Å². The fourth-order valence-corrected chi connectivity index (χ4v) is 4.41. The molecule has 2 aromatic rings. The van der Waals surface area contributed by atoms with Gasteiger partial charge in [0.2, 0.25) is 0 Å². The summed E-state index contributed by atoms with van der Waals surface area (Å²) < 4.78 is 0. The number of amides is 2. The van der Waals surface area contributed by atoms with Gasteiger partial charge < -0.3 is 0 Å². The van der Waals surface area contributed by atoms with Gasteiger partial charge in [-0.15, -0.1) is 23.1 Å². The fraction of sp³-hybridized carbons (Fsp3) is 0.222. The summed E-state index contributed by atoms with van der Waals surface area (Å²) in [5.41, 5.74) is 1.41. The summed E-state index contributed by atoms with van der Waals surface area (Å²) in [6.07, 6.45) is 0. The second-order valence-electron chi connectivity index (χ2n) is 5.67. The first kappa shape index (κ1) is 17.3. The number of halogens is 1. The van der Waals surface area contributed by atoms with Gasteiger partial charge in [-0.1, -0.05) is 43.6 Å². The first-order chi connectivity index (χ1) is 11.5. The molecule has 2 heterocycles. The highest BCUT2D eigenvalue weighted by molar-refractivity contribution is 8.04. The maximum absolute atomic E-state index is 12.9. The van der Waals surface area contributed by atoms with Crippen LogP contribution >= 0.6 is 34.7 Å². The van der Waals surface area contributed by atoms with Crippen LogP contribution in [0.15, 0.2) is 46.7 Å². The van der Waals surface area contributed by atoms with Crippen LogP contribution in [0, 0.1) is 0 Å². The van der Waals surface area contributed by atoms with Crippen LogP contribution in [0.3, 0.4) is 0 Å². The van der Waals surface area contributed by atoms with Crippen LogP contribution in [-0.2, 0) is 16.1 Å². The van der Waals surface area contributed by atoms with Crippen LogP contribution in [-0.4, -0.2) is 22.0 Å².